The smallest absolute Gasteiger partial charge is 0.408 e. The topological polar surface area (TPSA) is 80.3 Å². The molecule has 1 heterocycles. The first-order chi connectivity index (χ1) is 11.6. The van der Waals surface area contributed by atoms with Crippen molar-refractivity contribution in [2.75, 3.05) is 5.32 Å². The Morgan fingerprint density at radius 1 is 1.32 bits per heavy atom. The number of hydrogen-bond acceptors (Lipinski definition) is 5. The summed E-state index contributed by atoms with van der Waals surface area (Å²) in [5, 5.41) is 5.80. The summed E-state index contributed by atoms with van der Waals surface area (Å²) in [4.78, 5) is 28.6. The second-order valence-electron chi connectivity index (χ2n) is 6.34. The highest BCUT2D eigenvalue weighted by Crippen LogP contribution is 2.20. The van der Waals surface area contributed by atoms with Gasteiger partial charge in [-0.05, 0) is 45.9 Å². The molecule has 25 heavy (non-hydrogen) atoms. The van der Waals surface area contributed by atoms with E-state index in [1.54, 1.807) is 33.8 Å². The number of thiazole rings is 1. The third kappa shape index (κ3) is 5.82. The molecule has 0 aliphatic heterocycles. The molecule has 2 N–H and O–H groups in total. The van der Waals surface area contributed by atoms with Gasteiger partial charge in [-0.1, -0.05) is 6.07 Å². The third-order valence-electron chi connectivity index (χ3n) is 2.91. The van der Waals surface area contributed by atoms with Crippen LogP contribution in [0.2, 0.25) is 0 Å². The number of carbonyl (C=O) groups excluding carboxylic acids is 2. The molecular formula is C17H20FN3O3S. The summed E-state index contributed by atoms with van der Waals surface area (Å²) < 4.78 is 18.3. The summed E-state index contributed by atoms with van der Waals surface area (Å²) >= 11 is 1.16. The van der Waals surface area contributed by atoms with Crippen LogP contribution in [0.4, 0.5) is 14.9 Å². The number of nitrogens with zero attached hydrogens (tertiary/aromatic N) is 1. The number of rotatable bonds is 4. The van der Waals surface area contributed by atoms with Crippen molar-refractivity contribution in [3.8, 4) is 0 Å². The average Bonchev–Trinajstić information content (AvgIpc) is 2.84. The van der Waals surface area contributed by atoms with Gasteiger partial charge in [0.05, 0.1) is 12.2 Å². The number of benzene rings is 1. The lowest BCUT2D eigenvalue weighted by atomic mass is 10.2. The minimum absolute atomic E-state index is 0.160. The number of aromatic nitrogens is 1. The fraction of sp³-hybridized carbons (Fsp3) is 0.353. The van der Waals surface area contributed by atoms with E-state index in [4.69, 9.17) is 4.74 Å². The first-order valence-corrected chi connectivity index (χ1v) is 8.46. The van der Waals surface area contributed by atoms with Gasteiger partial charge < -0.3 is 15.4 Å². The van der Waals surface area contributed by atoms with Crippen LogP contribution in [0.1, 0.15) is 41.1 Å². The van der Waals surface area contributed by atoms with Gasteiger partial charge in [0.1, 0.15) is 21.3 Å². The van der Waals surface area contributed by atoms with E-state index in [2.05, 4.69) is 15.6 Å². The van der Waals surface area contributed by atoms with Gasteiger partial charge in [-0.2, -0.15) is 0 Å². The van der Waals surface area contributed by atoms with E-state index in [1.165, 1.54) is 18.2 Å². The summed E-state index contributed by atoms with van der Waals surface area (Å²) in [5.74, 6) is -0.801. The minimum atomic E-state index is -0.584. The van der Waals surface area contributed by atoms with Crippen molar-refractivity contribution in [2.45, 2.75) is 39.8 Å². The van der Waals surface area contributed by atoms with Crippen LogP contribution >= 0.6 is 11.3 Å². The van der Waals surface area contributed by atoms with Crippen LogP contribution < -0.4 is 10.6 Å². The Morgan fingerprint density at radius 3 is 2.68 bits per heavy atom. The summed E-state index contributed by atoms with van der Waals surface area (Å²) in [6.07, 6.45) is -0.550. The maximum atomic E-state index is 13.2. The molecule has 8 heteroatoms. The van der Waals surface area contributed by atoms with Gasteiger partial charge >= 0.3 is 6.09 Å². The summed E-state index contributed by atoms with van der Waals surface area (Å²) in [7, 11) is 0. The molecule has 0 bridgehead atoms. The molecular weight excluding hydrogens is 345 g/mol. The molecule has 134 valence electrons. The zero-order valence-electron chi connectivity index (χ0n) is 14.5. The van der Waals surface area contributed by atoms with Gasteiger partial charge in [-0.25, -0.2) is 14.2 Å². The first kappa shape index (κ1) is 18.9. The van der Waals surface area contributed by atoms with Crippen molar-refractivity contribution < 1.29 is 18.7 Å². The molecule has 6 nitrogen and oxygen atoms in total. The van der Waals surface area contributed by atoms with Gasteiger partial charge in [0.25, 0.3) is 5.91 Å². The number of anilines is 1. The summed E-state index contributed by atoms with van der Waals surface area (Å²) in [5.41, 5.74) is 0.324. The number of nitrogens with one attached hydrogen (secondary N) is 2. The lowest BCUT2D eigenvalue weighted by Gasteiger charge is -2.19. The van der Waals surface area contributed by atoms with Crippen molar-refractivity contribution in [3.05, 3.63) is 45.7 Å². The maximum Gasteiger partial charge on any atom is 0.408 e. The van der Waals surface area contributed by atoms with Crippen LogP contribution in [-0.2, 0) is 11.3 Å². The van der Waals surface area contributed by atoms with Gasteiger partial charge in [0.2, 0.25) is 0 Å². The molecule has 0 fully saturated rings. The van der Waals surface area contributed by atoms with Gasteiger partial charge in [-0.15, -0.1) is 11.3 Å². The summed E-state index contributed by atoms with van der Waals surface area (Å²) in [6, 6.07) is 5.65. The second kappa shape index (κ2) is 7.60. The maximum absolute atomic E-state index is 13.2. The molecule has 0 unspecified atom stereocenters. The van der Waals surface area contributed by atoms with Crippen molar-refractivity contribution in [3.63, 3.8) is 0 Å². The molecule has 1 aromatic carbocycles. The van der Waals surface area contributed by atoms with Crippen LogP contribution in [-0.4, -0.2) is 22.6 Å². The third-order valence-corrected chi connectivity index (χ3v) is 4.07. The average molecular weight is 365 g/mol. The number of carbonyl (C=O) groups is 2. The van der Waals surface area contributed by atoms with Crippen LogP contribution in [0, 0.1) is 12.7 Å². The van der Waals surface area contributed by atoms with Crippen molar-refractivity contribution >= 4 is 29.0 Å². The molecule has 2 amide bonds. The highest BCUT2D eigenvalue weighted by Gasteiger charge is 2.18. The first-order valence-electron chi connectivity index (χ1n) is 7.64. The van der Waals surface area contributed by atoms with E-state index < -0.39 is 17.5 Å². The molecule has 0 saturated heterocycles. The Balaban J connectivity index is 1.99. The van der Waals surface area contributed by atoms with E-state index >= 15 is 0 Å². The molecule has 0 radical (unpaired) electrons. The van der Waals surface area contributed by atoms with E-state index in [1.807, 2.05) is 0 Å². The fourth-order valence-electron chi connectivity index (χ4n) is 1.95. The Hall–Kier alpha value is -2.48. The fourth-order valence-corrected chi connectivity index (χ4v) is 2.85. The molecule has 0 saturated carbocycles. The Bertz CT molecular complexity index is 784. The predicted molar refractivity (Wildman–Crippen MR) is 94.3 cm³/mol. The SMILES string of the molecule is Cc1nc(CNC(=O)OC(C)(C)C)sc1C(=O)Nc1cccc(F)c1. The Morgan fingerprint density at radius 2 is 2.04 bits per heavy atom. The van der Waals surface area contributed by atoms with E-state index in [0.29, 0.717) is 21.3 Å². The van der Waals surface area contributed by atoms with Crippen LogP contribution in [0.15, 0.2) is 24.3 Å². The zero-order valence-corrected chi connectivity index (χ0v) is 15.3. The van der Waals surface area contributed by atoms with Crippen molar-refractivity contribution in [1.29, 1.82) is 0 Å². The van der Waals surface area contributed by atoms with E-state index in [-0.39, 0.29) is 12.5 Å². The van der Waals surface area contributed by atoms with Crippen molar-refractivity contribution in [1.82, 2.24) is 10.3 Å². The van der Waals surface area contributed by atoms with Crippen LogP contribution in [0.3, 0.4) is 0 Å². The highest BCUT2D eigenvalue weighted by atomic mass is 32.1. The van der Waals surface area contributed by atoms with Crippen LogP contribution in [0.25, 0.3) is 0 Å². The number of alkyl carbamates (subject to hydrolysis) is 1. The number of amides is 2. The van der Waals surface area contributed by atoms with Gasteiger partial charge in [-0.3, -0.25) is 4.79 Å². The summed E-state index contributed by atoms with van der Waals surface area (Å²) in [6.45, 7) is 7.18. The van der Waals surface area contributed by atoms with Crippen LogP contribution in [0.5, 0.6) is 0 Å². The molecule has 0 atom stereocenters. The van der Waals surface area contributed by atoms with Crippen molar-refractivity contribution in [2.24, 2.45) is 0 Å². The molecule has 2 aromatic rings. The zero-order chi connectivity index (χ0) is 18.6. The van der Waals surface area contributed by atoms with E-state index in [0.717, 1.165) is 11.3 Å². The largest absolute Gasteiger partial charge is 0.444 e. The normalized spacial score (nSPS) is 11.1. The monoisotopic (exact) mass is 365 g/mol. The van der Waals surface area contributed by atoms with Gasteiger partial charge in [0, 0.05) is 5.69 Å². The lowest BCUT2D eigenvalue weighted by molar-refractivity contribution is 0.0523. The highest BCUT2D eigenvalue weighted by molar-refractivity contribution is 7.13. The molecule has 0 aliphatic rings. The lowest BCUT2D eigenvalue weighted by Crippen LogP contribution is -2.32. The predicted octanol–water partition coefficient (Wildman–Crippen LogP) is 3.87. The number of ether oxygens (including phenoxy) is 1. The molecule has 0 spiro atoms. The Labute approximate surface area is 149 Å². The molecule has 0 aliphatic carbocycles. The minimum Gasteiger partial charge on any atom is -0.444 e. The Kier molecular flexibility index (Phi) is 5.73. The van der Waals surface area contributed by atoms with E-state index in [9.17, 15) is 14.0 Å². The van der Waals surface area contributed by atoms with Gasteiger partial charge in [0.15, 0.2) is 0 Å². The quantitative estimate of drug-likeness (QED) is 0.862. The molecule has 2 rings (SSSR count). The molecule has 1 aromatic heterocycles. The number of aryl methyl sites for hydroxylation is 1. The number of halogens is 1. The second-order valence-corrected chi connectivity index (χ2v) is 7.43. The standard InChI is InChI=1S/C17H20FN3O3S/c1-10-14(15(22)21-12-7-5-6-11(18)8-12)25-13(20-10)9-19-16(23)24-17(2,3)4/h5-8H,9H2,1-4H3,(H,19,23)(H,21,22). The number of hydrogen-bond donors (Lipinski definition) is 2.